The molecule has 1 aliphatic carbocycles. The first-order chi connectivity index (χ1) is 9.56. The van der Waals surface area contributed by atoms with Gasteiger partial charge in [0, 0.05) is 12.6 Å². The fourth-order valence-corrected chi connectivity index (χ4v) is 4.55. The van der Waals surface area contributed by atoms with Crippen molar-refractivity contribution < 1.29 is 0 Å². The number of hydrogen-bond acceptors (Lipinski definition) is 2. The summed E-state index contributed by atoms with van der Waals surface area (Å²) < 4.78 is 0. The largest absolute Gasteiger partial charge is 0.313 e. The second-order valence-corrected chi connectivity index (χ2v) is 7.83. The summed E-state index contributed by atoms with van der Waals surface area (Å²) in [5.74, 6) is 1.86. The number of hydrogen-bond donors (Lipinski definition) is 1. The third-order valence-electron chi connectivity index (χ3n) is 5.91. The number of nitrogens with one attached hydrogen (secondary N) is 1. The van der Waals surface area contributed by atoms with E-state index in [9.17, 15) is 0 Å². The molecular weight excluding hydrogens is 244 g/mol. The molecule has 0 spiro atoms. The Morgan fingerprint density at radius 1 is 1.10 bits per heavy atom. The van der Waals surface area contributed by atoms with Crippen molar-refractivity contribution in [2.75, 3.05) is 26.2 Å². The molecule has 2 heteroatoms. The van der Waals surface area contributed by atoms with Gasteiger partial charge in [0.1, 0.15) is 0 Å². The average molecular weight is 280 g/mol. The molecule has 1 saturated heterocycles. The van der Waals surface area contributed by atoms with Crippen LogP contribution in [0, 0.1) is 17.3 Å². The molecule has 0 radical (unpaired) electrons. The van der Waals surface area contributed by atoms with E-state index in [4.69, 9.17) is 0 Å². The van der Waals surface area contributed by atoms with Crippen LogP contribution in [0.15, 0.2) is 0 Å². The van der Waals surface area contributed by atoms with E-state index >= 15 is 0 Å². The second kappa shape index (κ2) is 7.26. The van der Waals surface area contributed by atoms with E-state index < -0.39 is 0 Å². The minimum atomic E-state index is 0.473. The smallest absolute Gasteiger partial charge is 0.0159 e. The molecule has 1 aliphatic heterocycles. The molecule has 2 nitrogen and oxygen atoms in total. The van der Waals surface area contributed by atoms with Crippen LogP contribution in [0.3, 0.4) is 0 Å². The predicted octanol–water partition coefficient (Wildman–Crippen LogP) is 3.91. The zero-order valence-electron chi connectivity index (χ0n) is 14.3. The minimum Gasteiger partial charge on any atom is -0.313 e. The number of piperidine rings is 1. The van der Waals surface area contributed by atoms with Crippen molar-refractivity contribution in [1.29, 1.82) is 0 Å². The van der Waals surface area contributed by atoms with Crippen LogP contribution in [-0.4, -0.2) is 37.1 Å². The number of nitrogens with zero attached hydrogens (tertiary/aromatic N) is 1. The SMILES string of the molecule is CCNC1C(CN2CCC(CC)CC2)CCCC1(C)C. The van der Waals surface area contributed by atoms with Crippen molar-refractivity contribution in [1.82, 2.24) is 10.2 Å². The molecule has 1 N–H and O–H groups in total. The molecule has 118 valence electrons. The average Bonchev–Trinajstić information content (AvgIpc) is 2.43. The highest BCUT2D eigenvalue weighted by Crippen LogP contribution is 2.39. The Labute approximate surface area is 126 Å². The maximum atomic E-state index is 3.81. The third kappa shape index (κ3) is 3.98. The van der Waals surface area contributed by atoms with Gasteiger partial charge in [-0.1, -0.05) is 40.5 Å². The molecule has 2 rings (SSSR count). The van der Waals surface area contributed by atoms with Gasteiger partial charge in [-0.05, 0) is 62.6 Å². The van der Waals surface area contributed by atoms with Crippen molar-refractivity contribution in [2.24, 2.45) is 17.3 Å². The van der Waals surface area contributed by atoms with Crippen molar-refractivity contribution >= 4 is 0 Å². The zero-order chi connectivity index (χ0) is 14.6. The lowest BCUT2D eigenvalue weighted by Crippen LogP contribution is -2.53. The first-order valence-corrected chi connectivity index (χ1v) is 9.02. The summed E-state index contributed by atoms with van der Waals surface area (Å²) in [4.78, 5) is 2.75. The Morgan fingerprint density at radius 3 is 2.40 bits per heavy atom. The Hall–Kier alpha value is -0.0800. The first-order valence-electron chi connectivity index (χ1n) is 9.02. The van der Waals surface area contributed by atoms with Gasteiger partial charge in [0.15, 0.2) is 0 Å². The van der Waals surface area contributed by atoms with E-state index in [1.807, 2.05) is 0 Å². The maximum absolute atomic E-state index is 3.81. The van der Waals surface area contributed by atoms with Gasteiger partial charge < -0.3 is 10.2 Å². The van der Waals surface area contributed by atoms with Crippen LogP contribution in [0.5, 0.6) is 0 Å². The minimum absolute atomic E-state index is 0.473. The molecule has 2 aliphatic rings. The highest BCUT2D eigenvalue weighted by atomic mass is 15.1. The molecule has 0 aromatic carbocycles. The molecule has 0 aromatic heterocycles. The van der Waals surface area contributed by atoms with Gasteiger partial charge in [-0.25, -0.2) is 0 Å². The normalized spacial score (nSPS) is 32.4. The summed E-state index contributed by atoms with van der Waals surface area (Å²) in [5.41, 5.74) is 0.473. The Morgan fingerprint density at radius 2 is 1.80 bits per heavy atom. The summed E-state index contributed by atoms with van der Waals surface area (Å²) in [5, 5.41) is 3.81. The van der Waals surface area contributed by atoms with Crippen molar-refractivity contribution in [3.63, 3.8) is 0 Å². The van der Waals surface area contributed by atoms with E-state index in [1.165, 1.54) is 58.2 Å². The van der Waals surface area contributed by atoms with Gasteiger partial charge in [-0.2, -0.15) is 0 Å². The molecule has 1 saturated carbocycles. The zero-order valence-corrected chi connectivity index (χ0v) is 14.3. The van der Waals surface area contributed by atoms with Crippen LogP contribution in [-0.2, 0) is 0 Å². The Bertz CT molecular complexity index is 279. The van der Waals surface area contributed by atoms with Gasteiger partial charge in [0.2, 0.25) is 0 Å². The fourth-order valence-electron chi connectivity index (χ4n) is 4.55. The standard InChI is InChI=1S/C18H36N2/c1-5-15-9-12-20(13-10-15)14-16-8-7-11-18(3,4)17(16)19-6-2/h15-17,19H,5-14H2,1-4H3. The number of rotatable bonds is 5. The van der Waals surface area contributed by atoms with E-state index in [-0.39, 0.29) is 0 Å². The molecule has 1 heterocycles. The van der Waals surface area contributed by atoms with Gasteiger partial charge in [0.05, 0.1) is 0 Å². The Balaban J connectivity index is 1.89. The van der Waals surface area contributed by atoms with Crippen LogP contribution >= 0.6 is 0 Å². The van der Waals surface area contributed by atoms with Gasteiger partial charge >= 0.3 is 0 Å². The van der Waals surface area contributed by atoms with Gasteiger partial charge in [-0.3, -0.25) is 0 Å². The third-order valence-corrected chi connectivity index (χ3v) is 5.91. The highest BCUT2D eigenvalue weighted by Gasteiger charge is 2.39. The topological polar surface area (TPSA) is 15.3 Å². The quantitative estimate of drug-likeness (QED) is 0.821. The molecule has 0 amide bonds. The molecule has 20 heavy (non-hydrogen) atoms. The van der Waals surface area contributed by atoms with Crippen LogP contribution in [0.4, 0.5) is 0 Å². The molecular formula is C18H36N2. The summed E-state index contributed by atoms with van der Waals surface area (Å²) >= 11 is 0. The van der Waals surface area contributed by atoms with Crippen LogP contribution in [0.1, 0.15) is 66.2 Å². The van der Waals surface area contributed by atoms with Crippen LogP contribution in [0.25, 0.3) is 0 Å². The lowest BCUT2D eigenvalue weighted by Gasteiger charge is -2.46. The molecule has 0 aromatic rings. The molecule has 2 unspecified atom stereocenters. The second-order valence-electron chi connectivity index (χ2n) is 7.83. The monoisotopic (exact) mass is 280 g/mol. The van der Waals surface area contributed by atoms with E-state index in [0.29, 0.717) is 11.5 Å². The van der Waals surface area contributed by atoms with Crippen molar-refractivity contribution in [2.45, 2.75) is 72.3 Å². The van der Waals surface area contributed by atoms with Crippen LogP contribution < -0.4 is 5.32 Å². The summed E-state index contributed by atoms with van der Waals surface area (Å²) in [7, 11) is 0. The van der Waals surface area contributed by atoms with Crippen molar-refractivity contribution in [3.05, 3.63) is 0 Å². The van der Waals surface area contributed by atoms with E-state index in [0.717, 1.165) is 18.4 Å². The fraction of sp³-hybridized carbons (Fsp3) is 1.00. The highest BCUT2D eigenvalue weighted by molar-refractivity contribution is 4.94. The first kappa shape index (κ1) is 16.3. The lowest BCUT2D eigenvalue weighted by molar-refractivity contribution is 0.0672. The predicted molar refractivity (Wildman–Crippen MR) is 88.0 cm³/mol. The van der Waals surface area contributed by atoms with E-state index in [1.54, 1.807) is 0 Å². The number of likely N-dealkylation sites (tertiary alicyclic amines) is 1. The summed E-state index contributed by atoms with van der Waals surface area (Å²) in [6.07, 6.45) is 8.47. The molecule has 0 bridgehead atoms. The maximum Gasteiger partial charge on any atom is 0.0159 e. The molecule has 2 fully saturated rings. The lowest BCUT2D eigenvalue weighted by atomic mass is 9.67. The van der Waals surface area contributed by atoms with Gasteiger partial charge in [-0.15, -0.1) is 0 Å². The summed E-state index contributed by atoms with van der Waals surface area (Å²) in [6, 6.07) is 0.713. The van der Waals surface area contributed by atoms with Crippen molar-refractivity contribution in [3.8, 4) is 0 Å². The van der Waals surface area contributed by atoms with Crippen LogP contribution in [0.2, 0.25) is 0 Å². The van der Waals surface area contributed by atoms with E-state index in [2.05, 4.69) is 37.9 Å². The Kier molecular flexibility index (Phi) is 5.92. The van der Waals surface area contributed by atoms with Gasteiger partial charge in [0.25, 0.3) is 0 Å². The summed E-state index contributed by atoms with van der Waals surface area (Å²) in [6.45, 7) is 14.7. The molecule has 2 atom stereocenters.